The second-order valence-corrected chi connectivity index (χ2v) is 12.1. The van der Waals surface area contributed by atoms with Gasteiger partial charge in [-0.25, -0.2) is 14.0 Å². The van der Waals surface area contributed by atoms with E-state index in [2.05, 4.69) is 0 Å². The molecule has 40 heavy (non-hydrogen) atoms. The quantitative estimate of drug-likeness (QED) is 0.421. The Bertz CT molecular complexity index is 1250. The zero-order chi connectivity index (χ0) is 29.2. The highest BCUT2D eigenvalue weighted by atomic mass is 35.5. The average molecular weight is 595 g/mol. The van der Waals surface area contributed by atoms with E-state index in [4.69, 9.17) is 32.7 Å². The number of halogens is 3. The Kier molecular flexibility index (Phi) is 9.15. The van der Waals surface area contributed by atoms with Crippen molar-refractivity contribution in [2.24, 2.45) is 5.92 Å². The fraction of sp³-hybridized carbons (Fsp3) is 0.483. The van der Waals surface area contributed by atoms with Crippen LogP contribution in [0.4, 0.5) is 14.0 Å². The van der Waals surface area contributed by atoms with Crippen molar-refractivity contribution >= 4 is 41.3 Å². The summed E-state index contributed by atoms with van der Waals surface area (Å²) in [5, 5.41) is 0.794. The lowest BCUT2D eigenvalue weighted by Crippen LogP contribution is -2.46. The normalized spacial score (nSPS) is 19.9. The van der Waals surface area contributed by atoms with Gasteiger partial charge in [-0.3, -0.25) is 4.79 Å². The Morgan fingerprint density at radius 3 is 2.20 bits per heavy atom. The molecule has 2 aliphatic heterocycles. The first-order valence-electron chi connectivity index (χ1n) is 13.2. The Hall–Kier alpha value is -3.04. The number of hydrogen-bond donors (Lipinski definition) is 0. The maximum Gasteiger partial charge on any atom is 0.415 e. The molecule has 0 aromatic heterocycles. The Morgan fingerprint density at radius 1 is 0.950 bits per heavy atom. The number of hydrogen-bond acceptors (Lipinski definition) is 5. The van der Waals surface area contributed by atoms with Crippen LogP contribution in [0, 0.1) is 11.7 Å². The van der Waals surface area contributed by atoms with Crippen LogP contribution in [0.15, 0.2) is 42.5 Å². The monoisotopic (exact) mass is 593 g/mol. The molecule has 3 amide bonds. The van der Waals surface area contributed by atoms with Gasteiger partial charge >= 0.3 is 12.2 Å². The molecule has 2 unspecified atom stereocenters. The fourth-order valence-electron chi connectivity index (χ4n) is 5.13. The molecule has 2 heterocycles. The van der Waals surface area contributed by atoms with E-state index in [9.17, 15) is 18.8 Å². The van der Waals surface area contributed by atoms with E-state index in [1.807, 2.05) is 26.8 Å². The molecular formula is C29H34Cl2FN3O5. The van der Waals surface area contributed by atoms with Crippen molar-refractivity contribution in [1.82, 2.24) is 14.7 Å². The topological polar surface area (TPSA) is 79.4 Å². The van der Waals surface area contributed by atoms with Crippen LogP contribution in [0.3, 0.4) is 0 Å². The van der Waals surface area contributed by atoms with E-state index >= 15 is 0 Å². The van der Waals surface area contributed by atoms with Gasteiger partial charge in [0.15, 0.2) is 0 Å². The number of likely N-dealkylation sites (tertiary alicyclic amines) is 2. The van der Waals surface area contributed by atoms with Crippen molar-refractivity contribution in [3.63, 3.8) is 0 Å². The average Bonchev–Trinajstić information content (AvgIpc) is 3.35. The lowest BCUT2D eigenvalue weighted by molar-refractivity contribution is -0.136. The Morgan fingerprint density at radius 2 is 1.60 bits per heavy atom. The van der Waals surface area contributed by atoms with E-state index in [1.165, 1.54) is 29.2 Å². The van der Waals surface area contributed by atoms with Gasteiger partial charge in [-0.05, 0) is 75.6 Å². The number of ether oxygens (including phenoxy) is 2. The van der Waals surface area contributed by atoms with E-state index in [0.29, 0.717) is 49.1 Å². The standard InChI is InChI=1S/C29H34Cl2FN3O5/c1-29(2,3)40-28(38)34-13-11-18(12-14-34)26(36)35-16-22(19-5-10-23(30)24(31)15-19)25(17-35)33(4)27(37)39-21-8-6-20(32)7-9-21/h5-10,15,18,22,25H,11-14,16-17H2,1-4H3. The van der Waals surface area contributed by atoms with Crippen molar-refractivity contribution in [3.8, 4) is 5.75 Å². The third kappa shape index (κ3) is 7.18. The van der Waals surface area contributed by atoms with Crippen LogP contribution in [-0.2, 0) is 9.53 Å². The van der Waals surface area contributed by atoms with Crippen LogP contribution >= 0.6 is 23.2 Å². The van der Waals surface area contributed by atoms with Gasteiger partial charge in [-0.1, -0.05) is 29.3 Å². The third-order valence-corrected chi connectivity index (χ3v) is 8.01. The fourth-order valence-corrected chi connectivity index (χ4v) is 5.44. The van der Waals surface area contributed by atoms with Gasteiger partial charge in [-0.15, -0.1) is 0 Å². The van der Waals surface area contributed by atoms with Crippen LogP contribution < -0.4 is 4.74 Å². The molecule has 0 aliphatic carbocycles. The van der Waals surface area contributed by atoms with Crippen molar-refractivity contribution < 1.29 is 28.2 Å². The van der Waals surface area contributed by atoms with Crippen molar-refractivity contribution in [3.05, 3.63) is 63.9 Å². The maximum atomic E-state index is 13.6. The summed E-state index contributed by atoms with van der Waals surface area (Å²) in [7, 11) is 1.62. The van der Waals surface area contributed by atoms with Gasteiger partial charge in [0.25, 0.3) is 0 Å². The second kappa shape index (κ2) is 12.2. The molecule has 2 fully saturated rings. The summed E-state index contributed by atoms with van der Waals surface area (Å²) in [6.45, 7) is 7.00. The SMILES string of the molecule is CN(C(=O)Oc1ccc(F)cc1)C1CN(C(=O)C2CCN(C(=O)OC(C)(C)C)CC2)CC1c1ccc(Cl)c(Cl)c1. The van der Waals surface area contributed by atoms with Crippen LogP contribution in [0.25, 0.3) is 0 Å². The summed E-state index contributed by atoms with van der Waals surface area (Å²) < 4.78 is 24.2. The van der Waals surface area contributed by atoms with Crippen LogP contribution in [0.2, 0.25) is 10.0 Å². The number of carbonyl (C=O) groups is 3. The molecule has 0 spiro atoms. The predicted molar refractivity (Wildman–Crippen MR) is 150 cm³/mol. The maximum absolute atomic E-state index is 13.6. The molecule has 2 aliphatic rings. The summed E-state index contributed by atoms with van der Waals surface area (Å²) in [4.78, 5) is 44.0. The number of benzene rings is 2. The number of nitrogens with zero attached hydrogens (tertiary/aromatic N) is 3. The van der Waals surface area contributed by atoms with Gasteiger partial charge in [-0.2, -0.15) is 0 Å². The number of rotatable bonds is 4. The van der Waals surface area contributed by atoms with Crippen LogP contribution in [-0.4, -0.2) is 77.7 Å². The minimum absolute atomic E-state index is 0.0169. The van der Waals surface area contributed by atoms with Gasteiger partial charge < -0.3 is 24.2 Å². The molecule has 11 heteroatoms. The molecule has 2 aromatic carbocycles. The highest BCUT2D eigenvalue weighted by Gasteiger charge is 2.43. The second-order valence-electron chi connectivity index (χ2n) is 11.3. The first-order chi connectivity index (χ1) is 18.8. The minimum Gasteiger partial charge on any atom is -0.444 e. The molecule has 2 saturated heterocycles. The smallest absolute Gasteiger partial charge is 0.415 e. The van der Waals surface area contributed by atoms with Gasteiger partial charge in [0, 0.05) is 45.1 Å². The molecule has 0 saturated carbocycles. The van der Waals surface area contributed by atoms with Gasteiger partial charge in [0.1, 0.15) is 17.2 Å². The van der Waals surface area contributed by atoms with Crippen molar-refractivity contribution in [2.75, 3.05) is 33.2 Å². The molecule has 2 aromatic rings. The first kappa shape index (κ1) is 29.9. The molecular weight excluding hydrogens is 560 g/mol. The summed E-state index contributed by atoms with van der Waals surface area (Å²) in [6.07, 6.45) is 0.0559. The van der Waals surface area contributed by atoms with Crippen molar-refractivity contribution in [1.29, 1.82) is 0 Å². The van der Waals surface area contributed by atoms with Gasteiger partial charge in [0.2, 0.25) is 5.91 Å². The molecule has 4 rings (SSSR count). The van der Waals surface area contributed by atoms with Crippen LogP contribution in [0.5, 0.6) is 5.75 Å². The predicted octanol–water partition coefficient (Wildman–Crippen LogP) is 6.20. The molecule has 0 radical (unpaired) electrons. The van der Waals surface area contributed by atoms with E-state index in [-0.39, 0.29) is 29.6 Å². The molecule has 0 bridgehead atoms. The van der Waals surface area contributed by atoms with E-state index in [1.54, 1.807) is 29.0 Å². The number of piperidine rings is 1. The van der Waals surface area contributed by atoms with E-state index in [0.717, 1.165) is 5.56 Å². The Balaban J connectivity index is 1.47. The lowest BCUT2D eigenvalue weighted by atomic mass is 9.93. The molecule has 0 N–H and O–H groups in total. The van der Waals surface area contributed by atoms with Crippen molar-refractivity contribution in [2.45, 2.75) is 51.2 Å². The summed E-state index contributed by atoms with van der Waals surface area (Å²) >= 11 is 12.5. The zero-order valence-corrected chi connectivity index (χ0v) is 24.5. The largest absolute Gasteiger partial charge is 0.444 e. The first-order valence-corrected chi connectivity index (χ1v) is 14.0. The number of carbonyl (C=O) groups excluding carboxylic acids is 3. The summed E-state index contributed by atoms with van der Waals surface area (Å²) in [5.41, 5.74) is 0.258. The highest BCUT2D eigenvalue weighted by Crippen LogP contribution is 2.36. The number of likely N-dealkylation sites (N-methyl/N-ethyl adjacent to an activating group) is 1. The summed E-state index contributed by atoms with van der Waals surface area (Å²) in [5.74, 6) is -0.729. The van der Waals surface area contributed by atoms with E-state index < -0.39 is 23.6 Å². The molecule has 2 atom stereocenters. The summed E-state index contributed by atoms with van der Waals surface area (Å²) in [6, 6.07) is 10.1. The minimum atomic E-state index is -0.623. The lowest BCUT2D eigenvalue weighted by Gasteiger charge is -2.34. The number of amides is 3. The van der Waals surface area contributed by atoms with Gasteiger partial charge in [0.05, 0.1) is 16.1 Å². The Labute approximate surface area is 243 Å². The molecule has 216 valence electrons. The molecule has 8 nitrogen and oxygen atoms in total. The zero-order valence-electron chi connectivity index (χ0n) is 23.0. The highest BCUT2D eigenvalue weighted by molar-refractivity contribution is 6.42. The van der Waals surface area contributed by atoms with Crippen LogP contribution in [0.1, 0.15) is 45.1 Å². The third-order valence-electron chi connectivity index (χ3n) is 7.27.